The van der Waals surface area contributed by atoms with E-state index in [1.165, 1.54) is 11.3 Å². The van der Waals surface area contributed by atoms with Crippen molar-refractivity contribution in [2.45, 2.75) is 29.8 Å². The predicted molar refractivity (Wildman–Crippen MR) is 78.4 cm³/mol. The first kappa shape index (κ1) is 13.9. The zero-order valence-electron chi connectivity index (χ0n) is 10.9. The molecule has 1 aliphatic heterocycles. The second kappa shape index (κ2) is 5.75. The fourth-order valence-electron chi connectivity index (χ4n) is 2.17. The first-order valence-electron chi connectivity index (χ1n) is 6.62. The largest absolute Gasteiger partial charge is 0.377 e. The summed E-state index contributed by atoms with van der Waals surface area (Å²) in [6, 6.07) is 1.50. The minimum Gasteiger partial charge on any atom is -0.377 e. The van der Waals surface area contributed by atoms with Gasteiger partial charge < -0.3 is 15.0 Å². The van der Waals surface area contributed by atoms with Crippen molar-refractivity contribution < 1.29 is 14.3 Å². The van der Waals surface area contributed by atoms with Crippen LogP contribution in [0, 0.1) is 0 Å². The van der Waals surface area contributed by atoms with Gasteiger partial charge in [-0.15, -0.1) is 24.0 Å². The molecule has 0 bridgehead atoms. The van der Waals surface area contributed by atoms with Crippen LogP contribution in [0.25, 0.3) is 0 Å². The molecule has 5 nitrogen and oxygen atoms in total. The molecular formula is C13H16N2O3S2. The minimum atomic E-state index is -0.526. The average Bonchev–Trinajstić information content (AvgIpc) is 3.16. The van der Waals surface area contributed by atoms with Gasteiger partial charge in [0, 0.05) is 22.9 Å². The number of thiophene rings is 1. The first-order valence-corrected chi connectivity index (χ1v) is 7.94. The molecule has 0 radical (unpaired) electrons. The van der Waals surface area contributed by atoms with Gasteiger partial charge in [-0.3, -0.25) is 9.59 Å². The molecule has 1 N–H and O–H groups in total. The second-order valence-electron chi connectivity index (χ2n) is 5.04. The van der Waals surface area contributed by atoms with Crippen LogP contribution in [-0.4, -0.2) is 48.6 Å². The molecule has 1 aliphatic carbocycles. The van der Waals surface area contributed by atoms with Gasteiger partial charge >= 0.3 is 0 Å². The van der Waals surface area contributed by atoms with E-state index in [1.807, 2.05) is 5.38 Å². The number of nitrogens with zero attached hydrogens (tertiary/aromatic N) is 1. The van der Waals surface area contributed by atoms with E-state index in [2.05, 4.69) is 17.9 Å². The molecule has 1 unspecified atom stereocenters. The molecule has 0 spiro atoms. The number of hydrogen-bond donors (Lipinski definition) is 2. The van der Waals surface area contributed by atoms with Gasteiger partial charge in [-0.1, -0.05) is 0 Å². The predicted octanol–water partition coefficient (Wildman–Crippen LogP) is 1.16. The number of amides is 2. The molecule has 1 saturated carbocycles. The standard InChI is InChI=1S/C13H16N2O3S2/c16-12(14-8-1-2-8)10-6-18-4-3-15(10)13(17)11-5-9(19)7-20-11/h5,7-8,10,19H,1-4,6H2,(H,14,16). The Kier molecular flexibility index (Phi) is 4.00. The summed E-state index contributed by atoms with van der Waals surface area (Å²) in [4.78, 5) is 27.7. The van der Waals surface area contributed by atoms with Crippen molar-refractivity contribution in [3.63, 3.8) is 0 Å². The minimum absolute atomic E-state index is 0.108. The van der Waals surface area contributed by atoms with Crippen LogP contribution in [0.1, 0.15) is 22.5 Å². The molecule has 0 aromatic carbocycles. The van der Waals surface area contributed by atoms with Gasteiger partial charge in [0.25, 0.3) is 5.91 Å². The maximum atomic E-state index is 12.5. The molecule has 1 aromatic heterocycles. The van der Waals surface area contributed by atoms with Crippen LogP contribution < -0.4 is 5.32 Å². The van der Waals surface area contributed by atoms with Crippen molar-refractivity contribution in [3.05, 3.63) is 16.3 Å². The maximum absolute atomic E-state index is 12.5. The summed E-state index contributed by atoms with van der Waals surface area (Å²) in [5.74, 6) is -0.224. The third-order valence-electron chi connectivity index (χ3n) is 3.41. The third-order valence-corrected chi connectivity index (χ3v) is 4.76. The van der Waals surface area contributed by atoms with Crippen LogP contribution in [0.15, 0.2) is 16.3 Å². The Morgan fingerprint density at radius 2 is 2.25 bits per heavy atom. The number of carbonyl (C=O) groups excluding carboxylic acids is 2. The summed E-state index contributed by atoms with van der Waals surface area (Å²) in [6.07, 6.45) is 2.06. The Labute approximate surface area is 126 Å². The van der Waals surface area contributed by atoms with E-state index in [0.717, 1.165) is 17.7 Å². The summed E-state index contributed by atoms with van der Waals surface area (Å²) in [6.45, 7) is 1.18. The highest BCUT2D eigenvalue weighted by molar-refractivity contribution is 7.80. The molecule has 2 aliphatic rings. The highest BCUT2D eigenvalue weighted by Gasteiger charge is 2.36. The highest BCUT2D eigenvalue weighted by Crippen LogP contribution is 2.23. The topological polar surface area (TPSA) is 58.6 Å². The highest BCUT2D eigenvalue weighted by atomic mass is 32.1. The molecule has 1 atom stereocenters. The molecule has 108 valence electrons. The van der Waals surface area contributed by atoms with Crippen molar-refractivity contribution in [2.75, 3.05) is 19.8 Å². The zero-order valence-corrected chi connectivity index (χ0v) is 12.6. The van der Waals surface area contributed by atoms with Crippen molar-refractivity contribution in [1.82, 2.24) is 10.2 Å². The fraction of sp³-hybridized carbons (Fsp3) is 0.538. The van der Waals surface area contributed by atoms with E-state index in [1.54, 1.807) is 11.0 Å². The van der Waals surface area contributed by atoms with Gasteiger partial charge in [-0.25, -0.2) is 0 Å². The van der Waals surface area contributed by atoms with Gasteiger partial charge in [0.15, 0.2) is 0 Å². The van der Waals surface area contributed by atoms with Crippen LogP contribution in [0.3, 0.4) is 0 Å². The number of morpholine rings is 1. The summed E-state index contributed by atoms with van der Waals surface area (Å²) in [7, 11) is 0. The number of carbonyl (C=O) groups is 2. The average molecular weight is 312 g/mol. The molecule has 2 amide bonds. The van der Waals surface area contributed by atoms with Gasteiger partial charge in [0.1, 0.15) is 6.04 Å². The molecule has 20 heavy (non-hydrogen) atoms. The van der Waals surface area contributed by atoms with Crippen molar-refractivity contribution >= 4 is 35.8 Å². The Balaban J connectivity index is 1.73. The van der Waals surface area contributed by atoms with Crippen molar-refractivity contribution in [2.24, 2.45) is 0 Å². The first-order chi connectivity index (χ1) is 9.65. The summed E-state index contributed by atoms with van der Waals surface area (Å²) < 4.78 is 5.36. The summed E-state index contributed by atoms with van der Waals surface area (Å²) in [5.41, 5.74) is 0. The molecular weight excluding hydrogens is 296 g/mol. The summed E-state index contributed by atoms with van der Waals surface area (Å²) >= 11 is 5.57. The van der Waals surface area contributed by atoms with Crippen molar-refractivity contribution in [1.29, 1.82) is 0 Å². The van der Waals surface area contributed by atoms with Crippen LogP contribution >= 0.6 is 24.0 Å². The third kappa shape index (κ3) is 2.99. The lowest BCUT2D eigenvalue weighted by Crippen LogP contribution is -2.56. The Hall–Kier alpha value is -1.05. The van der Waals surface area contributed by atoms with E-state index >= 15 is 0 Å². The fourth-order valence-corrected chi connectivity index (χ4v) is 3.27. The van der Waals surface area contributed by atoms with Gasteiger partial charge in [-0.2, -0.15) is 0 Å². The molecule has 2 fully saturated rings. The number of nitrogens with one attached hydrogen (secondary N) is 1. The number of rotatable bonds is 3. The monoisotopic (exact) mass is 312 g/mol. The van der Waals surface area contributed by atoms with E-state index in [4.69, 9.17) is 4.74 Å². The van der Waals surface area contributed by atoms with Crippen LogP contribution in [0.5, 0.6) is 0 Å². The van der Waals surface area contributed by atoms with E-state index in [-0.39, 0.29) is 24.5 Å². The Morgan fingerprint density at radius 1 is 1.45 bits per heavy atom. The molecule has 2 heterocycles. The van der Waals surface area contributed by atoms with Gasteiger partial charge in [0.05, 0.1) is 18.1 Å². The Bertz CT molecular complexity index is 527. The zero-order chi connectivity index (χ0) is 14.1. The molecule has 7 heteroatoms. The number of ether oxygens (including phenoxy) is 1. The summed E-state index contributed by atoms with van der Waals surface area (Å²) in [5, 5.41) is 4.76. The lowest BCUT2D eigenvalue weighted by molar-refractivity contribution is -0.130. The lowest BCUT2D eigenvalue weighted by Gasteiger charge is -2.34. The molecule has 3 rings (SSSR count). The van der Waals surface area contributed by atoms with E-state index in [0.29, 0.717) is 18.0 Å². The van der Waals surface area contributed by atoms with Crippen molar-refractivity contribution in [3.8, 4) is 0 Å². The second-order valence-corrected chi connectivity index (χ2v) is 6.47. The molecule has 1 aromatic rings. The van der Waals surface area contributed by atoms with Gasteiger partial charge in [-0.05, 0) is 18.9 Å². The normalized spacial score (nSPS) is 22.6. The molecule has 1 saturated heterocycles. The number of thiol groups is 1. The van der Waals surface area contributed by atoms with E-state index in [9.17, 15) is 9.59 Å². The van der Waals surface area contributed by atoms with E-state index < -0.39 is 6.04 Å². The van der Waals surface area contributed by atoms with Crippen LogP contribution in [-0.2, 0) is 9.53 Å². The van der Waals surface area contributed by atoms with Crippen LogP contribution in [0.2, 0.25) is 0 Å². The Morgan fingerprint density at radius 3 is 2.90 bits per heavy atom. The quantitative estimate of drug-likeness (QED) is 0.824. The lowest BCUT2D eigenvalue weighted by atomic mass is 10.2. The van der Waals surface area contributed by atoms with Gasteiger partial charge in [0.2, 0.25) is 5.91 Å². The SMILES string of the molecule is O=C(NC1CC1)C1COCCN1C(=O)c1cc(S)cs1. The number of hydrogen-bond acceptors (Lipinski definition) is 5. The smallest absolute Gasteiger partial charge is 0.264 e. The maximum Gasteiger partial charge on any atom is 0.264 e. The van der Waals surface area contributed by atoms with Crippen LogP contribution in [0.4, 0.5) is 0 Å².